The van der Waals surface area contributed by atoms with E-state index in [9.17, 15) is 9.59 Å². The molecule has 1 amide bonds. The molecule has 0 bridgehead atoms. The second-order valence-electron chi connectivity index (χ2n) is 4.40. The van der Waals surface area contributed by atoms with Crippen molar-refractivity contribution in [3.05, 3.63) is 24.3 Å². The molecule has 0 rings (SSSR count). The van der Waals surface area contributed by atoms with E-state index in [4.69, 9.17) is 10.5 Å². The summed E-state index contributed by atoms with van der Waals surface area (Å²) in [6.45, 7) is 12.2. The van der Waals surface area contributed by atoms with Gasteiger partial charge < -0.3 is 10.5 Å². The highest BCUT2D eigenvalue weighted by Gasteiger charge is 2.23. The molecule has 90 valence electrons. The van der Waals surface area contributed by atoms with Crippen LogP contribution in [0.3, 0.4) is 0 Å². The Kier molecular flexibility index (Phi) is 4.95. The summed E-state index contributed by atoms with van der Waals surface area (Å²) in [5, 5.41) is 0. The van der Waals surface area contributed by atoms with Crippen LogP contribution in [0.5, 0.6) is 0 Å². The number of primary amides is 1. The monoisotopic (exact) mass is 225 g/mol. The SMILES string of the molecule is C=C(C)C(=O)OC(C)(C)CCC(=C)C(N)=O. The van der Waals surface area contributed by atoms with E-state index in [1.165, 1.54) is 0 Å². The van der Waals surface area contributed by atoms with Gasteiger partial charge in [-0.15, -0.1) is 0 Å². The summed E-state index contributed by atoms with van der Waals surface area (Å²) in [5.41, 5.74) is 5.08. The van der Waals surface area contributed by atoms with E-state index in [-0.39, 0.29) is 0 Å². The van der Waals surface area contributed by atoms with Crippen LogP contribution in [0, 0.1) is 0 Å². The number of carbonyl (C=O) groups is 2. The minimum atomic E-state index is -0.658. The molecule has 4 nitrogen and oxygen atoms in total. The molecule has 0 aromatic rings. The van der Waals surface area contributed by atoms with Crippen molar-refractivity contribution in [3.63, 3.8) is 0 Å². The zero-order valence-electron chi connectivity index (χ0n) is 10.1. The first-order valence-corrected chi connectivity index (χ1v) is 5.02. The first-order chi connectivity index (χ1) is 7.15. The number of ether oxygens (including phenoxy) is 1. The van der Waals surface area contributed by atoms with Crippen LogP contribution in [0.4, 0.5) is 0 Å². The third kappa shape index (κ3) is 5.34. The summed E-state index contributed by atoms with van der Waals surface area (Å²) in [7, 11) is 0. The summed E-state index contributed by atoms with van der Waals surface area (Å²) in [6.07, 6.45) is 0.902. The number of esters is 1. The second-order valence-corrected chi connectivity index (χ2v) is 4.40. The Labute approximate surface area is 96.2 Å². The lowest BCUT2D eigenvalue weighted by atomic mass is 9.99. The standard InChI is InChI=1S/C12H19NO3/c1-8(2)11(15)16-12(4,5)7-6-9(3)10(13)14/h1,3,6-7H2,2,4-5H3,(H2,13,14). The molecule has 0 aliphatic rings. The molecule has 0 aromatic carbocycles. The molecular formula is C12H19NO3. The lowest BCUT2D eigenvalue weighted by Crippen LogP contribution is -2.29. The van der Waals surface area contributed by atoms with Gasteiger partial charge in [-0.1, -0.05) is 13.2 Å². The highest BCUT2D eigenvalue weighted by molar-refractivity contribution is 5.91. The molecule has 0 heterocycles. The highest BCUT2D eigenvalue weighted by Crippen LogP contribution is 2.20. The van der Waals surface area contributed by atoms with E-state index in [1.807, 2.05) is 0 Å². The van der Waals surface area contributed by atoms with E-state index in [0.717, 1.165) is 0 Å². The Balaban J connectivity index is 4.25. The van der Waals surface area contributed by atoms with Gasteiger partial charge in [-0.05, 0) is 33.6 Å². The molecule has 0 radical (unpaired) electrons. The fourth-order valence-electron chi connectivity index (χ4n) is 0.964. The summed E-state index contributed by atoms with van der Waals surface area (Å²) in [6, 6.07) is 0. The van der Waals surface area contributed by atoms with Gasteiger partial charge in [0.1, 0.15) is 5.60 Å². The first kappa shape index (κ1) is 14.4. The second kappa shape index (κ2) is 5.49. The zero-order valence-corrected chi connectivity index (χ0v) is 10.1. The van der Waals surface area contributed by atoms with E-state index in [1.54, 1.807) is 20.8 Å². The van der Waals surface area contributed by atoms with Crippen molar-refractivity contribution < 1.29 is 14.3 Å². The van der Waals surface area contributed by atoms with Crippen LogP contribution in [-0.2, 0) is 14.3 Å². The number of amides is 1. The quantitative estimate of drug-likeness (QED) is 0.552. The van der Waals surface area contributed by atoms with Crippen LogP contribution in [0.2, 0.25) is 0 Å². The van der Waals surface area contributed by atoms with Crippen molar-refractivity contribution in [2.45, 2.75) is 39.2 Å². The average molecular weight is 225 g/mol. The van der Waals surface area contributed by atoms with Gasteiger partial charge in [-0.25, -0.2) is 4.79 Å². The molecule has 0 unspecified atom stereocenters. The van der Waals surface area contributed by atoms with Gasteiger partial charge in [-0.2, -0.15) is 0 Å². The molecule has 0 aliphatic heterocycles. The Morgan fingerprint density at radius 1 is 1.31 bits per heavy atom. The number of hydrogen-bond acceptors (Lipinski definition) is 3. The molecule has 0 aromatic heterocycles. The Bertz CT molecular complexity index is 329. The predicted octanol–water partition coefficient (Wildman–Crippen LogP) is 1.71. The minimum absolute atomic E-state index is 0.333. The average Bonchev–Trinajstić information content (AvgIpc) is 2.13. The van der Waals surface area contributed by atoms with Crippen LogP contribution in [0.25, 0.3) is 0 Å². The third-order valence-electron chi connectivity index (χ3n) is 2.09. The maximum absolute atomic E-state index is 11.3. The normalized spacial score (nSPS) is 10.7. The molecule has 2 N–H and O–H groups in total. The fraction of sp³-hybridized carbons (Fsp3) is 0.500. The largest absolute Gasteiger partial charge is 0.456 e. The maximum Gasteiger partial charge on any atom is 0.333 e. The van der Waals surface area contributed by atoms with Crippen LogP contribution >= 0.6 is 0 Å². The molecule has 16 heavy (non-hydrogen) atoms. The smallest absolute Gasteiger partial charge is 0.333 e. The Hall–Kier alpha value is -1.58. The highest BCUT2D eigenvalue weighted by atomic mass is 16.6. The Morgan fingerprint density at radius 3 is 2.19 bits per heavy atom. The number of carbonyl (C=O) groups excluding carboxylic acids is 2. The van der Waals surface area contributed by atoms with Crippen molar-refractivity contribution >= 4 is 11.9 Å². The molecule has 0 saturated heterocycles. The van der Waals surface area contributed by atoms with Crippen LogP contribution in [0.1, 0.15) is 33.6 Å². The predicted molar refractivity (Wildman–Crippen MR) is 62.6 cm³/mol. The fourth-order valence-corrected chi connectivity index (χ4v) is 0.964. The topological polar surface area (TPSA) is 69.4 Å². The summed E-state index contributed by atoms with van der Waals surface area (Å²) >= 11 is 0. The van der Waals surface area contributed by atoms with Gasteiger partial charge in [0.05, 0.1) is 0 Å². The van der Waals surface area contributed by atoms with Crippen molar-refractivity contribution in [1.29, 1.82) is 0 Å². The van der Waals surface area contributed by atoms with Gasteiger partial charge in [0.25, 0.3) is 0 Å². The number of nitrogens with two attached hydrogens (primary N) is 1. The molecule has 0 saturated carbocycles. The summed E-state index contributed by atoms with van der Waals surface area (Å²) < 4.78 is 5.20. The van der Waals surface area contributed by atoms with Crippen molar-refractivity contribution in [1.82, 2.24) is 0 Å². The van der Waals surface area contributed by atoms with Crippen LogP contribution in [-0.4, -0.2) is 17.5 Å². The maximum atomic E-state index is 11.3. The Morgan fingerprint density at radius 2 is 1.81 bits per heavy atom. The molecule has 0 atom stereocenters. The lowest BCUT2D eigenvalue weighted by molar-refractivity contribution is -0.151. The zero-order chi connectivity index (χ0) is 12.9. The van der Waals surface area contributed by atoms with Crippen molar-refractivity contribution in [3.8, 4) is 0 Å². The third-order valence-corrected chi connectivity index (χ3v) is 2.09. The van der Waals surface area contributed by atoms with Crippen molar-refractivity contribution in [2.75, 3.05) is 0 Å². The minimum Gasteiger partial charge on any atom is -0.456 e. The van der Waals surface area contributed by atoms with Crippen LogP contribution < -0.4 is 5.73 Å². The summed E-state index contributed by atoms with van der Waals surface area (Å²) in [4.78, 5) is 22.0. The van der Waals surface area contributed by atoms with Gasteiger partial charge >= 0.3 is 5.97 Å². The van der Waals surface area contributed by atoms with Crippen molar-refractivity contribution in [2.24, 2.45) is 5.73 Å². The molecular weight excluding hydrogens is 206 g/mol. The van der Waals surface area contributed by atoms with E-state index < -0.39 is 17.5 Å². The van der Waals surface area contributed by atoms with E-state index in [2.05, 4.69) is 13.2 Å². The van der Waals surface area contributed by atoms with E-state index in [0.29, 0.717) is 24.0 Å². The molecule has 0 aliphatic carbocycles. The van der Waals surface area contributed by atoms with Gasteiger partial charge in [0.2, 0.25) is 5.91 Å². The number of rotatable bonds is 6. The van der Waals surface area contributed by atoms with Gasteiger partial charge in [0.15, 0.2) is 0 Å². The molecule has 0 fully saturated rings. The molecule has 4 heteroatoms. The summed E-state index contributed by atoms with van der Waals surface area (Å²) in [5.74, 6) is -0.961. The lowest BCUT2D eigenvalue weighted by Gasteiger charge is -2.25. The van der Waals surface area contributed by atoms with Gasteiger partial charge in [0, 0.05) is 11.1 Å². The number of hydrogen-bond donors (Lipinski definition) is 1. The first-order valence-electron chi connectivity index (χ1n) is 5.02. The van der Waals surface area contributed by atoms with Gasteiger partial charge in [-0.3, -0.25) is 4.79 Å². The van der Waals surface area contributed by atoms with Crippen LogP contribution in [0.15, 0.2) is 24.3 Å². The molecule has 0 spiro atoms. The van der Waals surface area contributed by atoms with E-state index >= 15 is 0 Å².